The summed E-state index contributed by atoms with van der Waals surface area (Å²) >= 11 is 0. The first-order valence-electron chi connectivity index (χ1n) is 8.42. The first-order chi connectivity index (χ1) is 13.1. The van der Waals surface area contributed by atoms with Gasteiger partial charge in [0.05, 0.1) is 28.5 Å². The highest BCUT2D eigenvalue weighted by molar-refractivity contribution is 6.25. The van der Waals surface area contributed by atoms with Crippen molar-refractivity contribution < 1.29 is 9.18 Å². The summed E-state index contributed by atoms with van der Waals surface area (Å²) in [7, 11) is 0. The summed E-state index contributed by atoms with van der Waals surface area (Å²) in [6.45, 7) is 1.79. The monoisotopic (exact) mass is 358 g/mol. The van der Waals surface area contributed by atoms with E-state index in [-0.39, 0.29) is 11.3 Å². The normalized spacial score (nSPS) is 16.3. The van der Waals surface area contributed by atoms with Gasteiger partial charge in [-0.2, -0.15) is 0 Å². The molecule has 0 aliphatic carbocycles. The van der Waals surface area contributed by atoms with Gasteiger partial charge < -0.3 is 0 Å². The lowest BCUT2D eigenvalue weighted by Gasteiger charge is -2.22. The molecule has 0 saturated heterocycles. The number of rotatable bonds is 3. The molecule has 1 unspecified atom stereocenters. The zero-order valence-corrected chi connectivity index (χ0v) is 14.5. The van der Waals surface area contributed by atoms with Crippen molar-refractivity contribution in [1.82, 2.24) is 15.0 Å². The van der Waals surface area contributed by atoms with Gasteiger partial charge in [-0.25, -0.2) is 4.39 Å². The number of nitrogens with zero attached hydrogens (tertiary/aromatic N) is 4. The quantitative estimate of drug-likeness (QED) is 0.707. The van der Waals surface area contributed by atoms with Crippen LogP contribution < -0.4 is 0 Å². The molecule has 1 aliphatic heterocycles. The van der Waals surface area contributed by atoms with Crippen LogP contribution in [0.25, 0.3) is 6.08 Å². The van der Waals surface area contributed by atoms with Crippen LogP contribution in [-0.2, 0) is 0 Å². The Morgan fingerprint density at radius 2 is 1.85 bits per heavy atom. The van der Waals surface area contributed by atoms with Crippen LogP contribution in [0.5, 0.6) is 0 Å². The fourth-order valence-corrected chi connectivity index (χ4v) is 3.04. The molecule has 0 amide bonds. The summed E-state index contributed by atoms with van der Waals surface area (Å²) in [6.07, 6.45) is 8.34. The molecular weight excluding hydrogens is 343 g/mol. The molecule has 6 heteroatoms. The molecule has 0 spiro atoms. The van der Waals surface area contributed by atoms with Gasteiger partial charge in [-0.1, -0.05) is 6.07 Å². The van der Waals surface area contributed by atoms with Gasteiger partial charge in [0, 0.05) is 24.2 Å². The molecule has 1 atom stereocenters. The fourth-order valence-electron chi connectivity index (χ4n) is 3.04. The molecule has 0 N–H and O–H groups in total. The van der Waals surface area contributed by atoms with Crippen molar-refractivity contribution in [3.8, 4) is 0 Å². The van der Waals surface area contributed by atoms with Crippen molar-refractivity contribution in [3.05, 3.63) is 89.5 Å². The molecule has 3 heterocycles. The van der Waals surface area contributed by atoms with E-state index < -0.39 is 11.7 Å². The van der Waals surface area contributed by atoms with E-state index in [0.29, 0.717) is 22.8 Å². The second-order valence-corrected chi connectivity index (χ2v) is 6.11. The van der Waals surface area contributed by atoms with Crippen LogP contribution in [0.3, 0.4) is 0 Å². The SMILES string of the molecule is Cc1nccnc1C1C(=O)c2cc(F)ccc2N=C1/C=C/c1ccccn1. The van der Waals surface area contributed by atoms with Gasteiger partial charge in [0.15, 0.2) is 5.78 Å². The maximum Gasteiger partial charge on any atom is 0.180 e. The highest BCUT2D eigenvalue weighted by atomic mass is 19.1. The Balaban J connectivity index is 1.85. The number of aryl methyl sites for hydroxylation is 1. The van der Waals surface area contributed by atoms with Gasteiger partial charge in [0.1, 0.15) is 11.7 Å². The topological polar surface area (TPSA) is 68.1 Å². The van der Waals surface area contributed by atoms with E-state index in [0.717, 1.165) is 5.69 Å². The minimum absolute atomic E-state index is 0.247. The maximum atomic E-state index is 13.7. The summed E-state index contributed by atoms with van der Waals surface area (Å²) in [5.74, 6) is -1.46. The fraction of sp³-hybridized carbons (Fsp3) is 0.0952. The maximum absolute atomic E-state index is 13.7. The van der Waals surface area contributed by atoms with Crippen LogP contribution in [0, 0.1) is 12.7 Å². The third-order valence-electron chi connectivity index (χ3n) is 4.34. The van der Waals surface area contributed by atoms with E-state index in [1.165, 1.54) is 24.4 Å². The number of aromatic nitrogens is 3. The van der Waals surface area contributed by atoms with Crippen molar-refractivity contribution in [2.24, 2.45) is 4.99 Å². The second kappa shape index (κ2) is 6.99. The van der Waals surface area contributed by atoms with Crippen molar-refractivity contribution in [1.29, 1.82) is 0 Å². The number of hydrogen-bond donors (Lipinski definition) is 0. The van der Waals surface area contributed by atoms with Crippen LogP contribution in [-0.4, -0.2) is 26.4 Å². The van der Waals surface area contributed by atoms with Gasteiger partial charge in [-0.05, 0) is 49.4 Å². The minimum Gasteiger partial charge on any atom is -0.293 e. The van der Waals surface area contributed by atoms with E-state index in [1.807, 2.05) is 18.2 Å². The van der Waals surface area contributed by atoms with Gasteiger partial charge in [0.25, 0.3) is 0 Å². The number of carbonyl (C=O) groups excluding carboxylic acids is 1. The molecule has 27 heavy (non-hydrogen) atoms. The van der Waals surface area contributed by atoms with E-state index in [9.17, 15) is 9.18 Å². The van der Waals surface area contributed by atoms with Crippen LogP contribution in [0.1, 0.15) is 33.4 Å². The molecular formula is C21H15FN4O. The summed E-state index contributed by atoms with van der Waals surface area (Å²) in [5.41, 5.74) is 3.11. The number of halogens is 1. The van der Waals surface area contributed by atoms with Gasteiger partial charge >= 0.3 is 0 Å². The Morgan fingerprint density at radius 1 is 1.00 bits per heavy atom. The number of benzene rings is 1. The number of ketones is 1. The first kappa shape index (κ1) is 16.9. The largest absolute Gasteiger partial charge is 0.293 e. The number of hydrogen-bond acceptors (Lipinski definition) is 5. The molecule has 3 aromatic rings. The lowest BCUT2D eigenvalue weighted by molar-refractivity contribution is 0.0980. The average molecular weight is 358 g/mol. The third-order valence-corrected chi connectivity index (χ3v) is 4.34. The third kappa shape index (κ3) is 3.29. The predicted octanol–water partition coefficient (Wildman–Crippen LogP) is 4.09. The van der Waals surface area contributed by atoms with Crippen LogP contribution in [0.2, 0.25) is 0 Å². The van der Waals surface area contributed by atoms with Crippen LogP contribution in [0.4, 0.5) is 10.1 Å². The van der Waals surface area contributed by atoms with Crippen molar-refractivity contribution in [3.63, 3.8) is 0 Å². The number of fused-ring (bicyclic) bond motifs is 1. The van der Waals surface area contributed by atoms with Gasteiger partial charge in [0.2, 0.25) is 0 Å². The van der Waals surface area contributed by atoms with Crippen molar-refractivity contribution in [2.75, 3.05) is 0 Å². The lowest BCUT2D eigenvalue weighted by Crippen LogP contribution is -2.26. The van der Waals surface area contributed by atoms with Gasteiger partial charge in [-0.15, -0.1) is 0 Å². The van der Waals surface area contributed by atoms with Crippen molar-refractivity contribution in [2.45, 2.75) is 12.8 Å². The standard InChI is InChI=1S/C21H15FN4O/c1-13-20(25-11-10-23-13)19-18(8-6-15-4-2-3-9-24-15)26-17-7-5-14(22)12-16(17)21(19)27/h2-12,19H,1H3/b8-6+. The summed E-state index contributed by atoms with van der Waals surface area (Å²) < 4.78 is 13.7. The Bertz CT molecular complexity index is 1080. The van der Waals surface area contributed by atoms with E-state index >= 15 is 0 Å². The molecule has 0 saturated carbocycles. The molecule has 1 aliphatic rings. The Labute approximate surface area is 155 Å². The molecule has 4 rings (SSSR count). The zero-order chi connectivity index (χ0) is 18.8. The second-order valence-electron chi connectivity index (χ2n) is 6.11. The Hall–Kier alpha value is -3.54. The minimum atomic E-state index is -0.743. The number of pyridine rings is 1. The van der Waals surface area contributed by atoms with E-state index in [4.69, 9.17) is 0 Å². The molecule has 0 fully saturated rings. The van der Waals surface area contributed by atoms with Crippen LogP contribution >= 0.6 is 0 Å². The van der Waals surface area contributed by atoms with Crippen molar-refractivity contribution >= 4 is 23.3 Å². The smallest absolute Gasteiger partial charge is 0.180 e. The summed E-state index contributed by atoms with van der Waals surface area (Å²) in [5, 5.41) is 0. The predicted molar refractivity (Wildman–Crippen MR) is 101 cm³/mol. The van der Waals surface area contributed by atoms with Crippen LogP contribution in [0.15, 0.2) is 66.1 Å². The van der Waals surface area contributed by atoms with Gasteiger partial charge in [-0.3, -0.25) is 24.7 Å². The Kier molecular flexibility index (Phi) is 4.38. The number of Topliss-reactive ketones (excluding diaryl/α,β-unsaturated/α-hetero) is 1. The van der Waals surface area contributed by atoms with E-state index in [2.05, 4.69) is 19.9 Å². The zero-order valence-electron chi connectivity index (χ0n) is 14.5. The number of aliphatic imine (C=N–C) groups is 1. The number of carbonyl (C=O) groups is 1. The molecule has 2 aromatic heterocycles. The molecule has 0 radical (unpaired) electrons. The molecule has 0 bridgehead atoms. The first-order valence-corrected chi connectivity index (χ1v) is 8.42. The lowest BCUT2D eigenvalue weighted by atomic mass is 9.85. The molecule has 1 aromatic carbocycles. The van der Waals surface area contributed by atoms with E-state index in [1.54, 1.807) is 31.5 Å². The summed E-state index contributed by atoms with van der Waals surface area (Å²) in [4.78, 5) is 30.6. The Morgan fingerprint density at radius 3 is 2.63 bits per heavy atom. The molecule has 132 valence electrons. The average Bonchev–Trinajstić information content (AvgIpc) is 2.69. The highest BCUT2D eigenvalue weighted by Gasteiger charge is 2.34. The summed E-state index contributed by atoms with van der Waals surface area (Å²) in [6, 6.07) is 9.59. The number of allylic oxidation sites excluding steroid dienone is 1. The molecule has 5 nitrogen and oxygen atoms in total. The highest BCUT2D eigenvalue weighted by Crippen LogP contribution is 2.35.